The summed E-state index contributed by atoms with van der Waals surface area (Å²) in [7, 11) is 0. The van der Waals surface area contributed by atoms with Crippen molar-refractivity contribution >= 4 is 17.5 Å². The lowest BCUT2D eigenvalue weighted by molar-refractivity contribution is 0.618. The second-order valence-electron chi connectivity index (χ2n) is 4.36. The van der Waals surface area contributed by atoms with Gasteiger partial charge in [0.2, 0.25) is 11.2 Å². The molecule has 0 radical (unpaired) electrons. The highest BCUT2D eigenvalue weighted by Gasteiger charge is 2.12. The van der Waals surface area contributed by atoms with Crippen LogP contribution in [0.3, 0.4) is 0 Å². The second-order valence-corrected chi connectivity index (χ2v) is 4.70. The maximum Gasteiger partial charge on any atom is 0.230 e. The lowest BCUT2D eigenvalue weighted by Gasteiger charge is -2.18. The standard InChI is InChI=1S/C14H16ClFN4/c1-4-20(5-2)14-18-12(17-13(15)19-14)10-6-7-11(16)9(3)8-10/h6-8H,4-5H2,1-3H3. The molecule has 2 aromatic rings. The summed E-state index contributed by atoms with van der Waals surface area (Å²) in [6, 6.07) is 4.74. The van der Waals surface area contributed by atoms with Crippen LogP contribution < -0.4 is 4.90 Å². The van der Waals surface area contributed by atoms with Gasteiger partial charge in [0.15, 0.2) is 5.82 Å². The molecule has 0 bridgehead atoms. The predicted molar refractivity (Wildman–Crippen MR) is 78.5 cm³/mol. The van der Waals surface area contributed by atoms with Gasteiger partial charge >= 0.3 is 0 Å². The summed E-state index contributed by atoms with van der Waals surface area (Å²) < 4.78 is 13.3. The van der Waals surface area contributed by atoms with Gasteiger partial charge in [0.1, 0.15) is 5.82 Å². The van der Waals surface area contributed by atoms with Crippen LogP contribution in [0, 0.1) is 12.7 Å². The van der Waals surface area contributed by atoms with Crippen LogP contribution in [0.2, 0.25) is 5.28 Å². The van der Waals surface area contributed by atoms with E-state index < -0.39 is 0 Å². The molecule has 106 valence electrons. The molecule has 6 heteroatoms. The van der Waals surface area contributed by atoms with Crippen molar-refractivity contribution in [3.8, 4) is 11.4 Å². The monoisotopic (exact) mass is 294 g/mol. The predicted octanol–water partition coefficient (Wildman–Crippen LogP) is 3.49. The maximum atomic E-state index is 13.3. The molecular weight excluding hydrogens is 279 g/mol. The Morgan fingerprint density at radius 3 is 2.45 bits per heavy atom. The summed E-state index contributed by atoms with van der Waals surface area (Å²) in [5, 5.41) is 0.138. The number of rotatable bonds is 4. The van der Waals surface area contributed by atoms with Crippen LogP contribution in [-0.4, -0.2) is 28.0 Å². The topological polar surface area (TPSA) is 41.9 Å². The van der Waals surface area contributed by atoms with E-state index in [1.54, 1.807) is 19.1 Å². The van der Waals surface area contributed by atoms with E-state index in [1.807, 2.05) is 18.7 Å². The minimum Gasteiger partial charge on any atom is -0.341 e. The molecule has 0 N–H and O–H groups in total. The number of hydrogen-bond acceptors (Lipinski definition) is 4. The van der Waals surface area contributed by atoms with Crippen molar-refractivity contribution in [1.29, 1.82) is 0 Å². The third-order valence-electron chi connectivity index (χ3n) is 3.06. The quantitative estimate of drug-likeness (QED) is 0.866. The van der Waals surface area contributed by atoms with Gasteiger partial charge in [-0.1, -0.05) is 0 Å². The molecule has 2 rings (SSSR count). The summed E-state index contributed by atoms with van der Waals surface area (Å²) in [6.45, 7) is 7.29. The van der Waals surface area contributed by atoms with Crippen molar-refractivity contribution in [2.45, 2.75) is 20.8 Å². The van der Waals surface area contributed by atoms with E-state index in [-0.39, 0.29) is 11.1 Å². The highest BCUT2D eigenvalue weighted by molar-refractivity contribution is 6.28. The van der Waals surface area contributed by atoms with Crippen molar-refractivity contribution < 1.29 is 4.39 Å². The van der Waals surface area contributed by atoms with E-state index in [9.17, 15) is 4.39 Å². The summed E-state index contributed by atoms with van der Waals surface area (Å²) in [4.78, 5) is 14.6. The Morgan fingerprint density at radius 2 is 1.85 bits per heavy atom. The van der Waals surface area contributed by atoms with E-state index >= 15 is 0 Å². The molecule has 0 amide bonds. The van der Waals surface area contributed by atoms with Gasteiger partial charge in [0.25, 0.3) is 0 Å². The first kappa shape index (κ1) is 14.7. The Balaban J connectivity index is 2.48. The minimum atomic E-state index is -0.252. The Bertz CT molecular complexity index is 614. The number of aryl methyl sites for hydroxylation is 1. The molecule has 1 aromatic heterocycles. The van der Waals surface area contributed by atoms with Crippen LogP contribution in [0.1, 0.15) is 19.4 Å². The lowest BCUT2D eigenvalue weighted by Crippen LogP contribution is -2.24. The Kier molecular flexibility index (Phi) is 4.49. The van der Waals surface area contributed by atoms with Gasteiger partial charge in [-0.2, -0.15) is 15.0 Å². The van der Waals surface area contributed by atoms with E-state index in [1.165, 1.54) is 6.07 Å². The van der Waals surface area contributed by atoms with Crippen LogP contribution in [0.4, 0.5) is 10.3 Å². The molecule has 0 aliphatic carbocycles. The highest BCUT2D eigenvalue weighted by Crippen LogP contribution is 2.21. The average Bonchev–Trinajstić information content (AvgIpc) is 2.42. The molecule has 20 heavy (non-hydrogen) atoms. The highest BCUT2D eigenvalue weighted by atomic mass is 35.5. The van der Waals surface area contributed by atoms with Crippen LogP contribution in [0.25, 0.3) is 11.4 Å². The minimum absolute atomic E-state index is 0.138. The van der Waals surface area contributed by atoms with Crippen LogP contribution in [0.15, 0.2) is 18.2 Å². The molecule has 0 aliphatic rings. The zero-order valence-corrected chi connectivity index (χ0v) is 12.4. The molecule has 0 atom stereocenters. The molecule has 1 heterocycles. The van der Waals surface area contributed by atoms with E-state index in [4.69, 9.17) is 11.6 Å². The zero-order chi connectivity index (χ0) is 14.7. The molecule has 0 saturated heterocycles. The normalized spacial score (nSPS) is 10.7. The van der Waals surface area contributed by atoms with Crippen molar-refractivity contribution in [1.82, 2.24) is 15.0 Å². The molecule has 0 unspecified atom stereocenters. The zero-order valence-electron chi connectivity index (χ0n) is 11.7. The first-order chi connectivity index (χ1) is 9.55. The van der Waals surface area contributed by atoms with Gasteiger partial charge in [0, 0.05) is 18.7 Å². The van der Waals surface area contributed by atoms with Crippen LogP contribution in [0.5, 0.6) is 0 Å². The van der Waals surface area contributed by atoms with Gasteiger partial charge in [0.05, 0.1) is 0 Å². The Morgan fingerprint density at radius 1 is 1.15 bits per heavy atom. The summed E-state index contributed by atoms with van der Waals surface area (Å²) >= 11 is 5.97. The number of benzene rings is 1. The SMILES string of the molecule is CCN(CC)c1nc(Cl)nc(-c2ccc(F)c(C)c2)n1. The molecular formula is C14H16ClFN4. The van der Waals surface area contributed by atoms with E-state index in [2.05, 4.69) is 15.0 Å². The molecule has 0 fully saturated rings. The summed E-state index contributed by atoms with van der Waals surface area (Å²) in [5.74, 6) is 0.736. The van der Waals surface area contributed by atoms with Gasteiger partial charge < -0.3 is 4.90 Å². The number of hydrogen-bond donors (Lipinski definition) is 0. The van der Waals surface area contributed by atoms with Crippen molar-refractivity contribution in [3.63, 3.8) is 0 Å². The fourth-order valence-corrected chi connectivity index (χ4v) is 2.06. The van der Waals surface area contributed by atoms with E-state index in [0.717, 1.165) is 18.7 Å². The number of nitrogens with zero attached hydrogens (tertiary/aromatic N) is 4. The molecule has 4 nitrogen and oxygen atoms in total. The fraction of sp³-hybridized carbons (Fsp3) is 0.357. The Labute approximate surface area is 122 Å². The molecule has 0 spiro atoms. The smallest absolute Gasteiger partial charge is 0.230 e. The van der Waals surface area contributed by atoms with Crippen molar-refractivity contribution in [2.24, 2.45) is 0 Å². The summed E-state index contributed by atoms with van der Waals surface area (Å²) in [6.07, 6.45) is 0. The van der Waals surface area contributed by atoms with Gasteiger partial charge in [-0.3, -0.25) is 0 Å². The molecule has 1 aromatic carbocycles. The first-order valence-electron chi connectivity index (χ1n) is 6.48. The fourth-order valence-electron chi connectivity index (χ4n) is 1.90. The van der Waals surface area contributed by atoms with Gasteiger partial charge in [-0.15, -0.1) is 0 Å². The summed E-state index contributed by atoms with van der Waals surface area (Å²) in [5.41, 5.74) is 1.27. The van der Waals surface area contributed by atoms with E-state index in [0.29, 0.717) is 17.3 Å². The molecule has 0 aliphatic heterocycles. The Hall–Kier alpha value is -1.75. The van der Waals surface area contributed by atoms with Gasteiger partial charge in [-0.25, -0.2) is 4.39 Å². The van der Waals surface area contributed by atoms with Crippen molar-refractivity contribution in [2.75, 3.05) is 18.0 Å². The maximum absolute atomic E-state index is 13.3. The number of aromatic nitrogens is 3. The molecule has 0 saturated carbocycles. The van der Waals surface area contributed by atoms with Crippen LogP contribution in [-0.2, 0) is 0 Å². The third-order valence-corrected chi connectivity index (χ3v) is 3.23. The number of anilines is 1. The lowest BCUT2D eigenvalue weighted by atomic mass is 10.1. The van der Waals surface area contributed by atoms with Crippen LogP contribution >= 0.6 is 11.6 Å². The number of halogens is 2. The third kappa shape index (κ3) is 3.04. The second kappa shape index (κ2) is 6.13. The average molecular weight is 295 g/mol. The van der Waals surface area contributed by atoms with Gasteiger partial charge in [-0.05, 0) is 56.1 Å². The van der Waals surface area contributed by atoms with Crippen molar-refractivity contribution in [3.05, 3.63) is 34.9 Å². The largest absolute Gasteiger partial charge is 0.341 e. The first-order valence-corrected chi connectivity index (χ1v) is 6.86.